The Morgan fingerprint density at radius 1 is 0.977 bits per heavy atom. The van der Waals surface area contributed by atoms with Crippen molar-refractivity contribution in [2.45, 2.75) is 69.1 Å². The van der Waals surface area contributed by atoms with Crippen LogP contribution in [0.2, 0.25) is 0 Å². The molecule has 13 heteroatoms. The third-order valence-electron chi connectivity index (χ3n) is 7.48. The van der Waals surface area contributed by atoms with Gasteiger partial charge >= 0.3 is 7.12 Å². The van der Waals surface area contributed by atoms with Gasteiger partial charge in [-0.15, -0.1) is 0 Å². The normalized spacial score (nSPS) is 23.8. The molecule has 2 heterocycles. The standard InChI is InChI=1S/C30H40BN3O9/c1-19(2)13-25(31-41-26(23(37)17-35)27(42-31)24(38)18-36)33-29(40)30(14-20-9-5-3-6-10-20)15-22(34-43-30)16-32-28(39)21-11-7-4-8-12-21/h3-12,19,23-27,35-38H,13-18H2,1-2H3,(H,32,39)(H,33,40)/t23?,24?,25-,26?,27?,30?/m0/s1. The number of hydrogen-bond donors (Lipinski definition) is 6. The first-order valence-electron chi connectivity index (χ1n) is 14.5. The lowest BCUT2D eigenvalue weighted by Crippen LogP contribution is -2.57. The van der Waals surface area contributed by atoms with Crippen molar-refractivity contribution < 1.29 is 44.2 Å². The Balaban J connectivity index is 1.52. The average Bonchev–Trinajstić information content (AvgIpc) is 3.65. The van der Waals surface area contributed by atoms with Crippen LogP contribution in [0.4, 0.5) is 0 Å². The monoisotopic (exact) mass is 597 g/mol. The van der Waals surface area contributed by atoms with Crippen LogP contribution in [0, 0.1) is 5.92 Å². The Morgan fingerprint density at radius 3 is 2.12 bits per heavy atom. The van der Waals surface area contributed by atoms with Crippen molar-refractivity contribution in [2.24, 2.45) is 11.1 Å². The molecule has 232 valence electrons. The second kappa shape index (κ2) is 14.9. The minimum absolute atomic E-state index is 0.0788. The molecule has 0 saturated carbocycles. The maximum Gasteiger partial charge on any atom is 0.481 e. The van der Waals surface area contributed by atoms with Crippen molar-refractivity contribution >= 4 is 24.6 Å². The zero-order chi connectivity index (χ0) is 31.0. The van der Waals surface area contributed by atoms with Gasteiger partial charge in [0.1, 0.15) is 12.2 Å². The molecule has 1 saturated heterocycles. The van der Waals surface area contributed by atoms with Crippen molar-refractivity contribution in [3.63, 3.8) is 0 Å². The number of oxime groups is 1. The van der Waals surface area contributed by atoms with Crippen LogP contribution in [0.3, 0.4) is 0 Å². The first-order valence-corrected chi connectivity index (χ1v) is 14.5. The Labute approximate surface area is 251 Å². The summed E-state index contributed by atoms with van der Waals surface area (Å²) >= 11 is 0. The van der Waals surface area contributed by atoms with Crippen LogP contribution in [0.25, 0.3) is 0 Å². The summed E-state index contributed by atoms with van der Waals surface area (Å²) in [5.41, 5.74) is 0.392. The maximum absolute atomic E-state index is 14.1. The molecule has 5 unspecified atom stereocenters. The first kappa shape index (κ1) is 32.6. The predicted molar refractivity (Wildman–Crippen MR) is 158 cm³/mol. The van der Waals surface area contributed by atoms with E-state index < -0.39 is 62.2 Å². The summed E-state index contributed by atoms with van der Waals surface area (Å²) < 4.78 is 11.8. The molecule has 0 radical (unpaired) electrons. The molecule has 2 aromatic carbocycles. The minimum atomic E-state index is -1.43. The number of carbonyl (C=O) groups is 2. The van der Waals surface area contributed by atoms with Gasteiger partial charge in [0.2, 0.25) is 5.60 Å². The van der Waals surface area contributed by atoms with Gasteiger partial charge in [0, 0.05) is 18.4 Å². The quantitative estimate of drug-likeness (QED) is 0.166. The Kier molecular flexibility index (Phi) is 11.3. The third kappa shape index (κ3) is 8.19. The number of nitrogens with one attached hydrogen (secondary N) is 2. The topological polar surface area (TPSA) is 179 Å². The predicted octanol–water partition coefficient (Wildman–Crippen LogP) is 0.223. The van der Waals surface area contributed by atoms with E-state index in [1.54, 1.807) is 24.3 Å². The number of aliphatic hydroxyl groups excluding tert-OH is 4. The summed E-state index contributed by atoms with van der Waals surface area (Å²) in [7, 11) is -1.09. The fourth-order valence-corrected chi connectivity index (χ4v) is 5.30. The second-order valence-corrected chi connectivity index (χ2v) is 11.4. The van der Waals surface area contributed by atoms with Crippen LogP contribution >= 0.6 is 0 Å². The summed E-state index contributed by atoms with van der Waals surface area (Å²) in [6, 6.07) is 18.1. The molecule has 2 aliphatic rings. The summed E-state index contributed by atoms with van der Waals surface area (Å²) in [5, 5.41) is 49.6. The molecule has 0 bridgehead atoms. The molecule has 0 spiro atoms. The molecule has 0 aliphatic carbocycles. The fourth-order valence-electron chi connectivity index (χ4n) is 5.30. The number of rotatable bonds is 14. The minimum Gasteiger partial charge on any atom is -0.401 e. The number of amides is 2. The number of benzene rings is 2. The molecule has 43 heavy (non-hydrogen) atoms. The highest BCUT2D eigenvalue weighted by Crippen LogP contribution is 2.31. The number of carbonyl (C=O) groups excluding carboxylic acids is 2. The molecular formula is C30H40BN3O9. The van der Waals surface area contributed by atoms with Crippen molar-refractivity contribution in [3.8, 4) is 0 Å². The first-order chi connectivity index (χ1) is 20.7. The van der Waals surface area contributed by atoms with Crippen LogP contribution in [0.5, 0.6) is 0 Å². The highest BCUT2D eigenvalue weighted by atomic mass is 16.7. The maximum atomic E-state index is 14.1. The van der Waals surface area contributed by atoms with E-state index in [1.165, 1.54) is 0 Å². The van der Waals surface area contributed by atoms with Crippen molar-refractivity contribution in [1.82, 2.24) is 10.6 Å². The molecule has 1 fully saturated rings. The molecule has 0 aromatic heterocycles. The highest BCUT2D eigenvalue weighted by molar-refractivity contribution is 6.47. The molecule has 6 atom stereocenters. The van der Waals surface area contributed by atoms with Gasteiger partial charge in [-0.05, 0) is 30.0 Å². The zero-order valence-corrected chi connectivity index (χ0v) is 24.3. The number of nitrogens with zero attached hydrogens (tertiary/aromatic N) is 1. The van der Waals surface area contributed by atoms with Crippen LogP contribution in [0.15, 0.2) is 65.8 Å². The molecule has 12 nitrogen and oxygen atoms in total. The number of hydrogen-bond acceptors (Lipinski definition) is 10. The van der Waals surface area contributed by atoms with Crippen LogP contribution in [-0.4, -0.2) is 101 Å². The summed E-state index contributed by atoms with van der Waals surface area (Å²) in [5.74, 6) is -1.42. The van der Waals surface area contributed by atoms with E-state index >= 15 is 0 Å². The van der Waals surface area contributed by atoms with Gasteiger partial charge in [0.15, 0.2) is 0 Å². The lowest BCUT2D eigenvalue weighted by molar-refractivity contribution is -0.144. The largest absolute Gasteiger partial charge is 0.481 e. The second-order valence-electron chi connectivity index (χ2n) is 11.4. The smallest absolute Gasteiger partial charge is 0.401 e. The Bertz CT molecular complexity index is 1220. The van der Waals surface area contributed by atoms with Gasteiger partial charge in [-0.3, -0.25) is 9.59 Å². The zero-order valence-electron chi connectivity index (χ0n) is 24.3. The third-order valence-corrected chi connectivity index (χ3v) is 7.48. The van der Waals surface area contributed by atoms with E-state index in [2.05, 4.69) is 15.8 Å². The summed E-state index contributed by atoms with van der Waals surface area (Å²) in [6.07, 6.45) is -4.31. The van der Waals surface area contributed by atoms with Gasteiger partial charge in [-0.1, -0.05) is 67.5 Å². The highest BCUT2D eigenvalue weighted by Gasteiger charge is 2.52. The molecule has 2 aliphatic heterocycles. The van der Waals surface area contributed by atoms with Crippen molar-refractivity contribution in [3.05, 3.63) is 71.8 Å². The fraction of sp³-hybridized carbons (Fsp3) is 0.500. The van der Waals surface area contributed by atoms with Crippen LogP contribution in [0.1, 0.15) is 42.6 Å². The Morgan fingerprint density at radius 2 is 1.56 bits per heavy atom. The van der Waals surface area contributed by atoms with E-state index in [0.29, 0.717) is 17.7 Å². The lowest BCUT2D eigenvalue weighted by atomic mass is 9.73. The van der Waals surface area contributed by atoms with Crippen LogP contribution < -0.4 is 10.6 Å². The molecule has 2 amide bonds. The SMILES string of the molecule is CC(C)C[C@H](NC(=O)C1(Cc2ccccc2)CC(CNC(=O)c2ccccc2)=NO1)B1OC(C(O)CO)C(C(O)CO)O1. The van der Waals surface area contributed by atoms with Gasteiger partial charge in [-0.2, -0.15) is 0 Å². The van der Waals surface area contributed by atoms with Crippen molar-refractivity contribution in [2.75, 3.05) is 19.8 Å². The summed E-state index contributed by atoms with van der Waals surface area (Å²) in [6.45, 7) is 2.70. The van der Waals surface area contributed by atoms with E-state index in [1.807, 2.05) is 50.2 Å². The molecule has 2 aromatic rings. The molecule has 4 rings (SSSR count). The van der Waals surface area contributed by atoms with E-state index in [0.717, 1.165) is 5.56 Å². The van der Waals surface area contributed by atoms with Crippen LogP contribution in [-0.2, 0) is 25.4 Å². The van der Waals surface area contributed by atoms with E-state index in [-0.39, 0.29) is 31.2 Å². The van der Waals surface area contributed by atoms with Gasteiger partial charge in [0.25, 0.3) is 11.8 Å². The average molecular weight is 597 g/mol. The molecule has 6 N–H and O–H groups in total. The van der Waals surface area contributed by atoms with E-state index in [9.17, 15) is 30.0 Å². The van der Waals surface area contributed by atoms with Crippen molar-refractivity contribution in [1.29, 1.82) is 0 Å². The Hall–Kier alpha value is -3.33. The van der Waals surface area contributed by atoms with E-state index in [4.69, 9.17) is 14.1 Å². The van der Waals surface area contributed by atoms with Gasteiger partial charge in [-0.25, -0.2) is 0 Å². The molecular weight excluding hydrogens is 557 g/mol. The van der Waals surface area contributed by atoms with Gasteiger partial charge in [0.05, 0.1) is 43.6 Å². The summed E-state index contributed by atoms with van der Waals surface area (Å²) in [4.78, 5) is 32.6. The number of aliphatic hydroxyl groups is 4. The lowest BCUT2D eigenvalue weighted by Gasteiger charge is -2.30. The van der Waals surface area contributed by atoms with Gasteiger partial charge < -0.3 is 45.2 Å².